The summed E-state index contributed by atoms with van der Waals surface area (Å²) < 4.78 is 68.6. The highest BCUT2D eigenvalue weighted by Gasteiger charge is 2.30. The minimum Gasteiger partial charge on any atom is -0.462 e. The van der Waals surface area contributed by atoms with Crippen LogP contribution in [0.2, 0.25) is 0 Å². The molecule has 0 aliphatic heterocycles. The van der Waals surface area contributed by atoms with Gasteiger partial charge in [-0.1, -0.05) is 344 Å². The van der Waals surface area contributed by atoms with E-state index in [1.54, 1.807) is 0 Å². The lowest BCUT2D eigenvalue weighted by Crippen LogP contribution is -2.30. The maximum absolute atomic E-state index is 13.1. The third kappa shape index (κ3) is 72.2. The highest BCUT2D eigenvalue weighted by Crippen LogP contribution is 2.45. The van der Waals surface area contributed by atoms with E-state index in [0.29, 0.717) is 25.7 Å². The lowest BCUT2D eigenvalue weighted by Gasteiger charge is -2.21. The zero-order valence-electron chi connectivity index (χ0n) is 63.7. The van der Waals surface area contributed by atoms with Crippen LogP contribution in [-0.2, 0) is 65.4 Å². The van der Waals surface area contributed by atoms with Crippen molar-refractivity contribution in [2.45, 2.75) is 414 Å². The number of carbonyl (C=O) groups is 4. The molecule has 0 aliphatic rings. The number of hydrogen-bond donors (Lipinski definition) is 3. The van der Waals surface area contributed by atoms with Gasteiger partial charge in [-0.15, -0.1) is 0 Å². The molecule has 0 aliphatic carbocycles. The van der Waals surface area contributed by atoms with Crippen LogP contribution in [0.3, 0.4) is 0 Å². The van der Waals surface area contributed by atoms with Crippen LogP contribution >= 0.6 is 15.6 Å². The van der Waals surface area contributed by atoms with E-state index >= 15 is 0 Å². The first kappa shape index (κ1) is 95.1. The van der Waals surface area contributed by atoms with Crippen molar-refractivity contribution < 1.29 is 80.2 Å². The molecule has 0 radical (unpaired) electrons. The van der Waals surface area contributed by atoms with E-state index < -0.39 is 97.5 Å². The number of phosphoric acid groups is 2. The van der Waals surface area contributed by atoms with E-state index in [-0.39, 0.29) is 25.7 Å². The number of esters is 4. The Morgan fingerprint density at radius 2 is 0.433 bits per heavy atom. The molecule has 17 nitrogen and oxygen atoms in total. The molecule has 0 rings (SSSR count). The average Bonchev–Trinajstić information content (AvgIpc) is 1.13. The molecule has 97 heavy (non-hydrogen) atoms. The van der Waals surface area contributed by atoms with E-state index in [2.05, 4.69) is 55.4 Å². The molecule has 0 spiro atoms. The molecular weight excluding hydrogens is 1270 g/mol. The second-order valence-electron chi connectivity index (χ2n) is 30.0. The summed E-state index contributed by atoms with van der Waals surface area (Å²) in [5.74, 6) is 0.962. The van der Waals surface area contributed by atoms with E-state index in [9.17, 15) is 43.2 Å². The first-order valence-corrected chi connectivity index (χ1v) is 43.2. The molecule has 2 unspecified atom stereocenters. The quantitative estimate of drug-likeness (QED) is 0.0222. The van der Waals surface area contributed by atoms with Crippen molar-refractivity contribution in [2.75, 3.05) is 39.6 Å². The molecule has 0 heterocycles. The molecule has 3 N–H and O–H groups in total. The Kier molecular flexibility index (Phi) is 65.9. The van der Waals surface area contributed by atoms with Crippen LogP contribution in [0.25, 0.3) is 0 Å². The molecule has 0 aromatic rings. The molecular formula is C78H152O17P2. The first-order chi connectivity index (χ1) is 46.6. The van der Waals surface area contributed by atoms with Crippen LogP contribution in [0.5, 0.6) is 0 Å². The van der Waals surface area contributed by atoms with Gasteiger partial charge in [-0.05, 0) is 49.4 Å². The number of aliphatic hydroxyl groups is 1. The van der Waals surface area contributed by atoms with Gasteiger partial charge in [0.1, 0.15) is 19.3 Å². The van der Waals surface area contributed by atoms with Crippen LogP contribution in [0.15, 0.2) is 0 Å². The first-order valence-electron chi connectivity index (χ1n) is 40.2. The Labute approximate surface area is 594 Å². The predicted octanol–water partition coefficient (Wildman–Crippen LogP) is 22.8. The van der Waals surface area contributed by atoms with Gasteiger partial charge in [-0.3, -0.25) is 37.3 Å². The summed E-state index contributed by atoms with van der Waals surface area (Å²) >= 11 is 0. The molecule has 0 aromatic heterocycles. The number of carbonyl (C=O) groups excluding carboxylic acids is 4. The molecule has 5 atom stereocenters. The maximum atomic E-state index is 13.1. The fourth-order valence-corrected chi connectivity index (χ4v) is 13.5. The highest BCUT2D eigenvalue weighted by atomic mass is 31.2. The molecule has 576 valence electrons. The topological polar surface area (TPSA) is 237 Å². The summed E-state index contributed by atoms with van der Waals surface area (Å²) in [7, 11) is -9.92. The van der Waals surface area contributed by atoms with Crippen molar-refractivity contribution in [1.29, 1.82) is 0 Å². The molecule has 0 bridgehead atoms. The number of hydrogen-bond acceptors (Lipinski definition) is 15. The van der Waals surface area contributed by atoms with E-state index in [4.69, 9.17) is 37.0 Å². The second-order valence-corrected chi connectivity index (χ2v) is 32.9. The number of phosphoric ester groups is 2. The summed E-state index contributed by atoms with van der Waals surface area (Å²) in [5, 5.41) is 10.6. The normalized spacial score (nSPS) is 14.1. The Morgan fingerprint density at radius 1 is 0.258 bits per heavy atom. The Bertz CT molecular complexity index is 1900. The third-order valence-electron chi connectivity index (χ3n) is 18.1. The minimum atomic E-state index is -4.96. The van der Waals surface area contributed by atoms with Gasteiger partial charge in [0.25, 0.3) is 0 Å². The Balaban J connectivity index is 5.28. The second kappa shape index (κ2) is 67.2. The third-order valence-corrected chi connectivity index (χ3v) is 20.0. The smallest absolute Gasteiger partial charge is 0.462 e. The van der Waals surface area contributed by atoms with Gasteiger partial charge in [-0.2, -0.15) is 0 Å². The summed E-state index contributed by atoms with van der Waals surface area (Å²) in [4.78, 5) is 72.9. The number of unbranched alkanes of at least 4 members (excludes halogenated alkanes) is 41. The minimum absolute atomic E-state index is 0.106. The maximum Gasteiger partial charge on any atom is 0.472 e. The van der Waals surface area contributed by atoms with Crippen LogP contribution < -0.4 is 0 Å². The molecule has 0 amide bonds. The van der Waals surface area contributed by atoms with Gasteiger partial charge < -0.3 is 33.8 Å². The summed E-state index contributed by atoms with van der Waals surface area (Å²) in [6.07, 6.45) is 52.6. The van der Waals surface area contributed by atoms with Gasteiger partial charge in [0, 0.05) is 25.7 Å². The van der Waals surface area contributed by atoms with Crippen molar-refractivity contribution in [3.8, 4) is 0 Å². The van der Waals surface area contributed by atoms with Gasteiger partial charge in [0.15, 0.2) is 12.2 Å². The molecule has 0 saturated heterocycles. The van der Waals surface area contributed by atoms with Gasteiger partial charge in [0.2, 0.25) is 0 Å². The Hall–Kier alpha value is -1.94. The SMILES string of the molecule is CC(C)CCCCCCCCCCCCCCC(=O)OC[C@H](COP(=O)(O)OC[C@@H](O)COP(=O)(O)OC[C@@H](COC(=O)CCCCCCCCCCCC(C)C)OC(=O)CCCCCCCCCCCCCCC(C)C)OC(=O)CCCCCCCCCCCCCCC(C)C. The fourth-order valence-electron chi connectivity index (χ4n) is 11.9. The van der Waals surface area contributed by atoms with E-state index in [1.165, 1.54) is 199 Å². The van der Waals surface area contributed by atoms with Gasteiger partial charge in [-0.25, -0.2) is 9.13 Å². The van der Waals surface area contributed by atoms with E-state index in [1.807, 2.05) is 0 Å². The zero-order chi connectivity index (χ0) is 71.7. The lowest BCUT2D eigenvalue weighted by atomic mass is 10.0. The highest BCUT2D eigenvalue weighted by molar-refractivity contribution is 7.47. The van der Waals surface area contributed by atoms with Crippen molar-refractivity contribution in [3.05, 3.63) is 0 Å². The van der Waals surface area contributed by atoms with Crippen molar-refractivity contribution in [2.24, 2.45) is 23.7 Å². The summed E-state index contributed by atoms with van der Waals surface area (Å²) in [5.41, 5.74) is 0. The van der Waals surface area contributed by atoms with Crippen LogP contribution in [0, 0.1) is 23.7 Å². The molecule has 19 heteroatoms. The standard InChI is InChI=1S/C78H152O17P2/c1-68(2)54-46-38-30-22-15-9-12-18-26-34-42-50-58-75(80)88-64-73(94-77(82)60-52-44-36-27-19-13-10-16-23-31-39-47-55-69(3)4)66-92-96(84,85)90-62-72(79)63-91-97(86,87)93-67-74(65-89-76(81)59-51-43-35-29-21-25-33-41-49-57-71(7)8)95-78(83)61-53-45-37-28-20-14-11-17-24-32-40-48-56-70(5)6/h68-74,79H,9-67H2,1-8H3,(H,84,85)(H,86,87)/t72-,73-,74-/m1/s1. The Morgan fingerprint density at radius 3 is 0.639 bits per heavy atom. The average molecular weight is 1420 g/mol. The van der Waals surface area contributed by atoms with Gasteiger partial charge in [0.05, 0.1) is 26.4 Å². The molecule has 0 aromatic carbocycles. The monoisotopic (exact) mass is 1420 g/mol. The lowest BCUT2D eigenvalue weighted by molar-refractivity contribution is -0.161. The predicted molar refractivity (Wildman–Crippen MR) is 395 cm³/mol. The van der Waals surface area contributed by atoms with Crippen LogP contribution in [0.4, 0.5) is 0 Å². The van der Waals surface area contributed by atoms with Crippen molar-refractivity contribution >= 4 is 39.5 Å². The van der Waals surface area contributed by atoms with Crippen molar-refractivity contribution in [1.82, 2.24) is 0 Å². The van der Waals surface area contributed by atoms with E-state index in [0.717, 1.165) is 114 Å². The van der Waals surface area contributed by atoms with Crippen LogP contribution in [0.1, 0.15) is 396 Å². The largest absolute Gasteiger partial charge is 0.472 e. The summed E-state index contributed by atoms with van der Waals surface area (Å²) in [6, 6.07) is 0. The van der Waals surface area contributed by atoms with Crippen molar-refractivity contribution in [3.63, 3.8) is 0 Å². The molecule has 0 fully saturated rings. The van der Waals surface area contributed by atoms with Crippen LogP contribution in [-0.4, -0.2) is 96.7 Å². The van der Waals surface area contributed by atoms with Gasteiger partial charge >= 0.3 is 39.5 Å². The molecule has 0 saturated carbocycles. The fraction of sp³-hybridized carbons (Fsp3) is 0.949. The number of aliphatic hydroxyl groups excluding tert-OH is 1. The zero-order valence-corrected chi connectivity index (χ0v) is 65.5. The number of ether oxygens (including phenoxy) is 4. The summed E-state index contributed by atoms with van der Waals surface area (Å²) in [6.45, 7) is 14.2. The number of rotatable bonds is 75.